The third-order valence-corrected chi connectivity index (χ3v) is 4.05. The monoisotopic (exact) mass is 242 g/mol. The molecule has 3 unspecified atom stereocenters. The van der Waals surface area contributed by atoms with Crippen LogP contribution in [0.2, 0.25) is 0 Å². The minimum absolute atomic E-state index is 0.263. The highest BCUT2D eigenvalue weighted by Crippen LogP contribution is 2.44. The van der Waals surface area contributed by atoms with Gasteiger partial charge in [0.1, 0.15) is 11.5 Å². The quantitative estimate of drug-likeness (QED) is 0.741. The van der Waals surface area contributed by atoms with Gasteiger partial charge in [0.25, 0.3) is 0 Å². The lowest BCUT2D eigenvalue weighted by atomic mass is 9.88. The maximum absolute atomic E-state index is 12.1. The number of Topliss-reactive ketones (excluding diaryl/α,β-unsaturated/α-hetero) is 1. The number of carbonyl (C=O) groups excluding carboxylic acids is 1. The Morgan fingerprint density at radius 3 is 2.67 bits per heavy atom. The van der Waals surface area contributed by atoms with E-state index in [-0.39, 0.29) is 5.92 Å². The fraction of sp³-hybridized carbons (Fsp3) is 0.438. The first-order valence-corrected chi connectivity index (χ1v) is 6.72. The first-order chi connectivity index (χ1) is 8.83. The predicted octanol–water partition coefficient (Wildman–Crippen LogP) is 3.24. The SMILES string of the molecule is O=C(CCOc1ccccc1)C1CC2C=CC1C2. The molecule has 0 radical (unpaired) electrons. The van der Waals surface area contributed by atoms with E-state index in [1.54, 1.807) is 0 Å². The van der Waals surface area contributed by atoms with Gasteiger partial charge in [-0.1, -0.05) is 30.4 Å². The van der Waals surface area contributed by atoms with Gasteiger partial charge in [-0.15, -0.1) is 0 Å². The van der Waals surface area contributed by atoms with Crippen molar-refractivity contribution in [1.29, 1.82) is 0 Å². The molecule has 2 aliphatic carbocycles. The summed E-state index contributed by atoms with van der Waals surface area (Å²) in [7, 11) is 0. The van der Waals surface area contributed by atoms with Gasteiger partial charge in [0, 0.05) is 12.3 Å². The van der Waals surface area contributed by atoms with Gasteiger partial charge in [0.15, 0.2) is 0 Å². The fourth-order valence-electron chi connectivity index (χ4n) is 3.12. The number of ether oxygens (including phenoxy) is 1. The van der Waals surface area contributed by atoms with Crippen LogP contribution in [0.15, 0.2) is 42.5 Å². The maximum Gasteiger partial charge on any atom is 0.139 e. The molecule has 0 aliphatic heterocycles. The van der Waals surface area contributed by atoms with E-state index < -0.39 is 0 Å². The Bertz CT molecular complexity index is 449. The Morgan fingerprint density at radius 1 is 1.17 bits per heavy atom. The lowest BCUT2D eigenvalue weighted by Gasteiger charge is -2.16. The van der Waals surface area contributed by atoms with Gasteiger partial charge in [0.2, 0.25) is 0 Å². The normalized spacial score (nSPS) is 28.6. The van der Waals surface area contributed by atoms with Crippen LogP contribution in [0.3, 0.4) is 0 Å². The second-order valence-electron chi connectivity index (χ2n) is 5.26. The highest BCUT2D eigenvalue weighted by Gasteiger charge is 2.39. The average molecular weight is 242 g/mol. The zero-order chi connectivity index (χ0) is 12.4. The van der Waals surface area contributed by atoms with Crippen molar-refractivity contribution in [2.45, 2.75) is 19.3 Å². The summed E-state index contributed by atoms with van der Waals surface area (Å²) in [5.74, 6) is 2.67. The molecule has 2 nitrogen and oxygen atoms in total. The molecule has 0 saturated heterocycles. The van der Waals surface area contributed by atoms with Crippen molar-refractivity contribution in [1.82, 2.24) is 0 Å². The number of ketones is 1. The molecular formula is C16H18O2. The molecule has 18 heavy (non-hydrogen) atoms. The van der Waals surface area contributed by atoms with E-state index in [2.05, 4.69) is 12.2 Å². The van der Waals surface area contributed by atoms with Crippen molar-refractivity contribution < 1.29 is 9.53 Å². The van der Waals surface area contributed by atoms with Crippen molar-refractivity contribution in [2.75, 3.05) is 6.61 Å². The molecule has 2 aliphatic rings. The molecule has 2 bridgehead atoms. The lowest BCUT2D eigenvalue weighted by Crippen LogP contribution is -2.20. The van der Waals surface area contributed by atoms with Crippen LogP contribution < -0.4 is 4.74 Å². The molecule has 1 aromatic carbocycles. The fourth-order valence-corrected chi connectivity index (χ4v) is 3.12. The largest absolute Gasteiger partial charge is 0.493 e. The van der Waals surface area contributed by atoms with E-state index in [0.29, 0.717) is 30.6 Å². The van der Waals surface area contributed by atoms with Gasteiger partial charge in [-0.3, -0.25) is 4.79 Å². The lowest BCUT2D eigenvalue weighted by molar-refractivity contribution is -0.124. The Morgan fingerprint density at radius 2 is 2.00 bits per heavy atom. The first-order valence-electron chi connectivity index (χ1n) is 6.72. The standard InChI is InChI=1S/C16H18O2/c17-16(15-11-12-6-7-13(15)10-12)8-9-18-14-4-2-1-3-5-14/h1-7,12-13,15H,8-11H2. The number of rotatable bonds is 5. The van der Waals surface area contributed by atoms with Gasteiger partial charge in [-0.2, -0.15) is 0 Å². The third-order valence-electron chi connectivity index (χ3n) is 4.05. The zero-order valence-electron chi connectivity index (χ0n) is 10.4. The van der Waals surface area contributed by atoms with Crippen LogP contribution in [0, 0.1) is 17.8 Å². The molecular weight excluding hydrogens is 224 g/mol. The number of hydrogen-bond donors (Lipinski definition) is 0. The highest BCUT2D eigenvalue weighted by molar-refractivity contribution is 5.82. The van der Waals surface area contributed by atoms with Crippen molar-refractivity contribution >= 4 is 5.78 Å². The minimum Gasteiger partial charge on any atom is -0.493 e. The zero-order valence-corrected chi connectivity index (χ0v) is 10.4. The molecule has 3 rings (SSSR count). The van der Waals surface area contributed by atoms with Crippen LogP contribution in [0.5, 0.6) is 5.75 Å². The van der Waals surface area contributed by atoms with Gasteiger partial charge in [-0.05, 0) is 36.8 Å². The number of carbonyl (C=O) groups is 1. The van der Waals surface area contributed by atoms with Crippen molar-refractivity contribution in [3.05, 3.63) is 42.5 Å². The molecule has 0 spiro atoms. The smallest absolute Gasteiger partial charge is 0.139 e. The molecule has 0 aromatic heterocycles. The molecule has 1 fully saturated rings. The molecule has 94 valence electrons. The van der Waals surface area contributed by atoms with E-state index >= 15 is 0 Å². The summed E-state index contributed by atoms with van der Waals surface area (Å²) in [5, 5.41) is 0. The molecule has 2 heteroatoms. The second kappa shape index (κ2) is 4.97. The van der Waals surface area contributed by atoms with E-state index in [1.165, 1.54) is 6.42 Å². The molecule has 1 saturated carbocycles. The number of fused-ring (bicyclic) bond motifs is 2. The summed E-state index contributed by atoms with van der Waals surface area (Å²) >= 11 is 0. The van der Waals surface area contributed by atoms with Crippen LogP contribution in [-0.4, -0.2) is 12.4 Å². The predicted molar refractivity (Wildman–Crippen MR) is 70.4 cm³/mol. The number of para-hydroxylation sites is 1. The Hall–Kier alpha value is -1.57. The summed E-state index contributed by atoms with van der Waals surface area (Å²) in [6.07, 6.45) is 7.29. The molecule has 0 N–H and O–H groups in total. The first kappa shape index (κ1) is 11.5. The van der Waals surface area contributed by atoms with Crippen LogP contribution in [0.1, 0.15) is 19.3 Å². The number of allylic oxidation sites excluding steroid dienone is 2. The summed E-state index contributed by atoms with van der Waals surface area (Å²) in [5.41, 5.74) is 0. The Balaban J connectivity index is 1.46. The minimum atomic E-state index is 0.263. The van der Waals surface area contributed by atoms with Crippen LogP contribution in [-0.2, 0) is 4.79 Å². The van der Waals surface area contributed by atoms with Gasteiger partial charge in [0.05, 0.1) is 6.61 Å². The maximum atomic E-state index is 12.1. The Kier molecular flexibility index (Phi) is 3.18. The van der Waals surface area contributed by atoms with Gasteiger partial charge < -0.3 is 4.74 Å². The van der Waals surface area contributed by atoms with E-state index in [1.807, 2.05) is 30.3 Å². The number of benzene rings is 1. The van der Waals surface area contributed by atoms with E-state index in [9.17, 15) is 4.79 Å². The van der Waals surface area contributed by atoms with Crippen LogP contribution in [0.25, 0.3) is 0 Å². The third kappa shape index (κ3) is 2.33. The molecule has 0 amide bonds. The molecule has 3 atom stereocenters. The summed E-state index contributed by atoms with van der Waals surface area (Å²) in [6, 6.07) is 9.69. The second-order valence-corrected chi connectivity index (χ2v) is 5.26. The average Bonchev–Trinajstić information content (AvgIpc) is 3.02. The summed E-state index contributed by atoms with van der Waals surface area (Å²) in [4.78, 5) is 12.1. The van der Waals surface area contributed by atoms with Crippen LogP contribution in [0.4, 0.5) is 0 Å². The number of hydrogen-bond acceptors (Lipinski definition) is 2. The Labute approximate surface area is 108 Å². The summed E-state index contributed by atoms with van der Waals surface area (Å²) < 4.78 is 5.58. The van der Waals surface area contributed by atoms with Crippen molar-refractivity contribution in [3.8, 4) is 5.75 Å². The topological polar surface area (TPSA) is 26.3 Å². The molecule has 0 heterocycles. The van der Waals surface area contributed by atoms with E-state index in [0.717, 1.165) is 12.2 Å². The van der Waals surface area contributed by atoms with Gasteiger partial charge in [-0.25, -0.2) is 0 Å². The van der Waals surface area contributed by atoms with Crippen molar-refractivity contribution in [3.63, 3.8) is 0 Å². The van der Waals surface area contributed by atoms with E-state index in [4.69, 9.17) is 4.74 Å². The van der Waals surface area contributed by atoms with Crippen molar-refractivity contribution in [2.24, 2.45) is 17.8 Å². The summed E-state index contributed by atoms with van der Waals surface area (Å²) in [6.45, 7) is 0.500. The molecule has 1 aromatic rings. The van der Waals surface area contributed by atoms with Gasteiger partial charge >= 0.3 is 0 Å². The van der Waals surface area contributed by atoms with Crippen LogP contribution >= 0.6 is 0 Å². The highest BCUT2D eigenvalue weighted by atomic mass is 16.5.